The van der Waals surface area contributed by atoms with Gasteiger partial charge in [0.15, 0.2) is 0 Å². The molecule has 0 saturated heterocycles. The summed E-state index contributed by atoms with van der Waals surface area (Å²) in [5.41, 5.74) is 4.42. The highest BCUT2D eigenvalue weighted by molar-refractivity contribution is 5.98. The monoisotopic (exact) mass is 161 g/mol. The molecule has 1 aliphatic rings. The topological polar surface area (TPSA) is 41.0 Å². The van der Waals surface area contributed by atoms with Gasteiger partial charge in [0, 0.05) is 18.3 Å². The Morgan fingerprint density at radius 2 is 2.25 bits per heavy atom. The molecule has 0 aliphatic carbocycles. The second-order valence-electron chi connectivity index (χ2n) is 3.10. The molecular formula is C9H11N3. The van der Waals surface area contributed by atoms with Crippen LogP contribution in [0.1, 0.15) is 25.2 Å². The molecule has 1 aromatic rings. The van der Waals surface area contributed by atoms with Crippen LogP contribution in [0.15, 0.2) is 23.1 Å². The van der Waals surface area contributed by atoms with E-state index in [0.717, 1.165) is 17.8 Å². The average molecular weight is 161 g/mol. The van der Waals surface area contributed by atoms with Crippen molar-refractivity contribution in [1.82, 2.24) is 9.97 Å². The van der Waals surface area contributed by atoms with Gasteiger partial charge >= 0.3 is 0 Å². The zero-order chi connectivity index (χ0) is 8.55. The first-order valence-electron chi connectivity index (χ1n) is 4.00. The van der Waals surface area contributed by atoms with E-state index in [-0.39, 0.29) is 0 Å². The number of hydrogen-bond donors (Lipinski definition) is 1. The molecule has 0 radical (unpaired) electrons. The summed E-state index contributed by atoms with van der Waals surface area (Å²) in [5, 5.41) is 0. The second kappa shape index (κ2) is 2.59. The molecule has 1 aromatic heterocycles. The number of imidazole rings is 1. The van der Waals surface area contributed by atoms with Crippen molar-refractivity contribution in [2.24, 2.45) is 4.99 Å². The molecule has 1 N–H and O–H groups in total. The quantitative estimate of drug-likeness (QED) is 0.618. The third-order valence-electron chi connectivity index (χ3n) is 2.00. The number of hydrogen-bond acceptors (Lipinski definition) is 2. The molecule has 0 spiro atoms. The van der Waals surface area contributed by atoms with Crippen molar-refractivity contribution in [3.8, 4) is 0 Å². The normalized spacial score (nSPS) is 16.2. The second-order valence-corrected chi connectivity index (χ2v) is 3.10. The van der Waals surface area contributed by atoms with Gasteiger partial charge in [0.05, 0.1) is 12.0 Å². The number of nitrogens with one attached hydrogen (secondary N) is 1. The van der Waals surface area contributed by atoms with Crippen LogP contribution < -0.4 is 0 Å². The lowest BCUT2D eigenvalue weighted by Gasteiger charge is -1.96. The van der Waals surface area contributed by atoms with Gasteiger partial charge in [0.1, 0.15) is 5.69 Å². The third kappa shape index (κ3) is 1.07. The molecule has 0 bridgehead atoms. The third-order valence-corrected chi connectivity index (χ3v) is 2.00. The van der Waals surface area contributed by atoms with Crippen LogP contribution in [0.5, 0.6) is 0 Å². The SMILES string of the molecule is CC1=CN=C(C)c2nc[nH]c2C1. The van der Waals surface area contributed by atoms with Gasteiger partial charge in [-0.3, -0.25) is 4.99 Å². The first kappa shape index (κ1) is 7.28. The number of nitrogens with zero attached hydrogens (tertiary/aromatic N) is 2. The standard InChI is InChI=1S/C9H11N3/c1-6-3-8-9(12-5-11-8)7(2)10-4-6/h4-5H,3H2,1-2H3,(H,11,12). The molecule has 2 heterocycles. The Kier molecular flexibility index (Phi) is 1.57. The lowest BCUT2D eigenvalue weighted by atomic mass is 10.1. The summed E-state index contributed by atoms with van der Waals surface area (Å²) in [6.07, 6.45) is 4.56. The van der Waals surface area contributed by atoms with Crippen molar-refractivity contribution < 1.29 is 0 Å². The molecule has 0 amide bonds. The van der Waals surface area contributed by atoms with Crippen LogP contribution in [0.2, 0.25) is 0 Å². The minimum absolute atomic E-state index is 0.927. The maximum Gasteiger partial charge on any atom is 0.105 e. The van der Waals surface area contributed by atoms with Gasteiger partial charge in [-0.25, -0.2) is 4.98 Å². The fraction of sp³-hybridized carbons (Fsp3) is 0.333. The lowest BCUT2D eigenvalue weighted by Crippen LogP contribution is -1.98. The summed E-state index contributed by atoms with van der Waals surface area (Å²) in [6, 6.07) is 0. The first-order valence-corrected chi connectivity index (χ1v) is 4.00. The molecule has 0 aromatic carbocycles. The van der Waals surface area contributed by atoms with Crippen molar-refractivity contribution in [2.45, 2.75) is 20.3 Å². The Morgan fingerprint density at radius 1 is 1.42 bits per heavy atom. The van der Waals surface area contributed by atoms with Crippen LogP contribution in [-0.2, 0) is 6.42 Å². The van der Waals surface area contributed by atoms with Gasteiger partial charge in [-0.1, -0.05) is 0 Å². The molecule has 0 fully saturated rings. The molecule has 3 heteroatoms. The number of rotatable bonds is 0. The molecular weight excluding hydrogens is 150 g/mol. The fourth-order valence-electron chi connectivity index (χ4n) is 1.36. The molecule has 0 atom stereocenters. The van der Waals surface area contributed by atoms with Crippen molar-refractivity contribution >= 4 is 5.71 Å². The van der Waals surface area contributed by atoms with E-state index in [4.69, 9.17) is 0 Å². The molecule has 1 aliphatic heterocycles. The van der Waals surface area contributed by atoms with Crippen molar-refractivity contribution in [2.75, 3.05) is 0 Å². The fourth-order valence-corrected chi connectivity index (χ4v) is 1.36. The Labute approximate surface area is 71.2 Å². The van der Waals surface area contributed by atoms with E-state index in [1.807, 2.05) is 13.1 Å². The van der Waals surface area contributed by atoms with Crippen LogP contribution >= 0.6 is 0 Å². The Hall–Kier alpha value is -1.38. The van der Waals surface area contributed by atoms with Gasteiger partial charge in [0.25, 0.3) is 0 Å². The number of aromatic amines is 1. The number of fused-ring (bicyclic) bond motifs is 1. The minimum atomic E-state index is 0.927. The van der Waals surface area contributed by atoms with E-state index < -0.39 is 0 Å². The Balaban J connectivity index is 2.54. The largest absolute Gasteiger partial charge is 0.348 e. The van der Waals surface area contributed by atoms with E-state index in [9.17, 15) is 0 Å². The highest BCUT2D eigenvalue weighted by Crippen LogP contribution is 2.14. The number of aliphatic imine (C=N–C) groups is 1. The smallest absolute Gasteiger partial charge is 0.105 e. The highest BCUT2D eigenvalue weighted by atomic mass is 14.9. The molecule has 3 nitrogen and oxygen atoms in total. The maximum absolute atomic E-state index is 4.29. The highest BCUT2D eigenvalue weighted by Gasteiger charge is 2.10. The van der Waals surface area contributed by atoms with E-state index in [1.54, 1.807) is 6.33 Å². The van der Waals surface area contributed by atoms with Crippen LogP contribution in [0.3, 0.4) is 0 Å². The van der Waals surface area contributed by atoms with Gasteiger partial charge in [-0.2, -0.15) is 0 Å². The predicted molar refractivity (Wildman–Crippen MR) is 48.3 cm³/mol. The Bertz CT molecular complexity index is 358. The molecule has 2 rings (SSSR count). The minimum Gasteiger partial charge on any atom is -0.348 e. The summed E-state index contributed by atoms with van der Waals surface area (Å²) in [6.45, 7) is 4.06. The molecule has 62 valence electrons. The van der Waals surface area contributed by atoms with Gasteiger partial charge in [-0.05, 0) is 19.4 Å². The van der Waals surface area contributed by atoms with Crippen LogP contribution in [0, 0.1) is 0 Å². The van der Waals surface area contributed by atoms with Crippen LogP contribution in [0.4, 0.5) is 0 Å². The van der Waals surface area contributed by atoms with Gasteiger partial charge in [0.2, 0.25) is 0 Å². The summed E-state index contributed by atoms with van der Waals surface area (Å²) in [4.78, 5) is 11.6. The van der Waals surface area contributed by atoms with Gasteiger partial charge in [-0.15, -0.1) is 0 Å². The van der Waals surface area contributed by atoms with Crippen molar-refractivity contribution in [3.05, 3.63) is 29.5 Å². The maximum atomic E-state index is 4.29. The summed E-state index contributed by atoms with van der Waals surface area (Å²) < 4.78 is 0. The molecule has 12 heavy (non-hydrogen) atoms. The lowest BCUT2D eigenvalue weighted by molar-refractivity contribution is 1.07. The number of aromatic nitrogens is 2. The number of allylic oxidation sites excluding steroid dienone is 1. The zero-order valence-electron chi connectivity index (χ0n) is 7.26. The van der Waals surface area contributed by atoms with Crippen molar-refractivity contribution in [3.63, 3.8) is 0 Å². The van der Waals surface area contributed by atoms with Crippen LogP contribution in [-0.4, -0.2) is 15.7 Å². The zero-order valence-corrected chi connectivity index (χ0v) is 7.26. The molecule has 0 unspecified atom stereocenters. The van der Waals surface area contributed by atoms with E-state index in [1.165, 1.54) is 11.3 Å². The van der Waals surface area contributed by atoms with Crippen molar-refractivity contribution in [1.29, 1.82) is 0 Å². The summed E-state index contributed by atoms with van der Waals surface area (Å²) >= 11 is 0. The summed E-state index contributed by atoms with van der Waals surface area (Å²) in [7, 11) is 0. The van der Waals surface area contributed by atoms with E-state index >= 15 is 0 Å². The Morgan fingerprint density at radius 3 is 3.08 bits per heavy atom. The van der Waals surface area contributed by atoms with Gasteiger partial charge < -0.3 is 4.98 Å². The van der Waals surface area contributed by atoms with E-state index in [2.05, 4.69) is 21.9 Å². The van der Waals surface area contributed by atoms with Crippen LogP contribution in [0.25, 0.3) is 0 Å². The average Bonchev–Trinajstić information content (AvgIpc) is 2.44. The van der Waals surface area contributed by atoms with E-state index in [0.29, 0.717) is 0 Å². The molecule has 0 saturated carbocycles. The first-order chi connectivity index (χ1) is 5.77. The summed E-state index contributed by atoms with van der Waals surface area (Å²) in [5.74, 6) is 0. The number of H-pyrrole nitrogens is 1. The predicted octanol–water partition coefficient (Wildman–Crippen LogP) is 1.68.